The maximum Gasteiger partial charge on any atom is 0.0758 e. The van der Waals surface area contributed by atoms with Gasteiger partial charge in [0.05, 0.1) is 12.2 Å². The van der Waals surface area contributed by atoms with Crippen molar-refractivity contribution in [3.8, 4) is 0 Å². The van der Waals surface area contributed by atoms with Gasteiger partial charge in [-0.25, -0.2) is 0 Å². The number of allylic oxidation sites excluding steroid dienone is 8. The van der Waals surface area contributed by atoms with Gasteiger partial charge < -0.3 is 10.2 Å². The second kappa shape index (κ2) is 17.7. The van der Waals surface area contributed by atoms with Crippen molar-refractivity contribution in [1.82, 2.24) is 0 Å². The van der Waals surface area contributed by atoms with E-state index in [2.05, 4.69) is 32.1 Å². The van der Waals surface area contributed by atoms with Crippen molar-refractivity contribution in [1.29, 1.82) is 0 Å². The predicted octanol–water partition coefficient (Wildman–Crippen LogP) is 5.43. The Morgan fingerprint density at radius 2 is 1.21 bits per heavy atom. The molecule has 2 nitrogen and oxygen atoms in total. The van der Waals surface area contributed by atoms with E-state index >= 15 is 0 Å². The fourth-order valence-corrected chi connectivity index (χ4v) is 1.86. The molecule has 0 aromatic carbocycles. The van der Waals surface area contributed by atoms with Crippen LogP contribution in [0, 0.1) is 0 Å². The molecule has 2 heteroatoms. The number of hydrogen-bond acceptors (Lipinski definition) is 2. The first-order valence-corrected chi connectivity index (χ1v) is 9.03. The molecule has 0 radical (unpaired) electrons. The van der Waals surface area contributed by atoms with Crippen LogP contribution in [0.2, 0.25) is 0 Å². The maximum atomic E-state index is 9.80. The van der Waals surface area contributed by atoms with Crippen LogP contribution in [0.25, 0.3) is 0 Å². The van der Waals surface area contributed by atoms with Crippen LogP contribution in [-0.2, 0) is 0 Å². The molecule has 2 atom stereocenters. The van der Waals surface area contributed by atoms with Gasteiger partial charge in [-0.2, -0.15) is 0 Å². The summed E-state index contributed by atoms with van der Waals surface area (Å²) < 4.78 is 0. The quantitative estimate of drug-likeness (QED) is 0.349. The highest BCUT2D eigenvalue weighted by atomic mass is 16.3. The zero-order chi connectivity index (χ0) is 17.9. The van der Waals surface area contributed by atoms with E-state index in [1.165, 1.54) is 6.42 Å². The van der Waals surface area contributed by atoms with Crippen molar-refractivity contribution < 1.29 is 10.2 Å². The lowest BCUT2D eigenvalue weighted by Gasteiger charge is -1.99. The summed E-state index contributed by atoms with van der Waals surface area (Å²) in [6, 6.07) is 0. The van der Waals surface area contributed by atoms with Gasteiger partial charge in [-0.05, 0) is 32.1 Å². The molecule has 0 spiro atoms. The van der Waals surface area contributed by atoms with Gasteiger partial charge in [0.25, 0.3) is 0 Å². The third kappa shape index (κ3) is 16.7. The van der Waals surface area contributed by atoms with Crippen molar-refractivity contribution >= 4 is 0 Å². The summed E-state index contributed by atoms with van der Waals surface area (Å²) in [5.41, 5.74) is 0. The number of hydrogen-bond donors (Lipinski definition) is 2. The van der Waals surface area contributed by atoms with Gasteiger partial charge in [0.1, 0.15) is 0 Å². The first-order valence-electron chi connectivity index (χ1n) is 9.03. The minimum Gasteiger partial charge on any atom is -0.389 e. The predicted molar refractivity (Wildman–Crippen MR) is 106 cm³/mol. The summed E-state index contributed by atoms with van der Waals surface area (Å²) >= 11 is 0. The summed E-state index contributed by atoms with van der Waals surface area (Å²) in [6.45, 7) is 4.24. The van der Waals surface area contributed by atoms with E-state index in [-0.39, 0.29) is 0 Å². The molecule has 24 heavy (non-hydrogen) atoms. The Balaban J connectivity index is 3.87. The molecule has 2 N–H and O–H groups in total. The molecule has 0 fully saturated rings. The molecule has 0 aliphatic heterocycles. The summed E-state index contributed by atoms with van der Waals surface area (Å²) in [6.07, 6.45) is 28.0. The fraction of sp³-hybridized carbons (Fsp3) is 0.455. The number of aliphatic hydroxyl groups excluding tert-OH is 2. The molecule has 0 aromatic rings. The molecule has 0 heterocycles. The van der Waals surface area contributed by atoms with Crippen LogP contribution in [0.3, 0.4) is 0 Å². The SMILES string of the molecule is CC/C=C\C[C@H](O)\C=C/C=C/C=C/[C@@H](O)C/C=C\C/C=C\CCC. The van der Waals surface area contributed by atoms with E-state index in [1.807, 2.05) is 42.5 Å². The summed E-state index contributed by atoms with van der Waals surface area (Å²) in [4.78, 5) is 0. The van der Waals surface area contributed by atoms with Crippen LogP contribution in [0.15, 0.2) is 72.9 Å². The first-order chi connectivity index (χ1) is 11.7. The van der Waals surface area contributed by atoms with Gasteiger partial charge in [-0.15, -0.1) is 0 Å². The molecule has 0 aliphatic rings. The largest absolute Gasteiger partial charge is 0.389 e. The molecule has 0 aromatic heterocycles. The monoisotopic (exact) mass is 330 g/mol. The third-order valence-electron chi connectivity index (χ3n) is 3.22. The molecule has 0 saturated heterocycles. The van der Waals surface area contributed by atoms with Crippen LogP contribution in [0.1, 0.15) is 52.4 Å². The van der Waals surface area contributed by atoms with Gasteiger partial charge in [-0.1, -0.05) is 93.2 Å². The Morgan fingerprint density at radius 1 is 0.667 bits per heavy atom. The molecule has 0 rings (SSSR count). The first kappa shape index (κ1) is 22.4. The van der Waals surface area contributed by atoms with Crippen LogP contribution in [-0.4, -0.2) is 22.4 Å². The van der Waals surface area contributed by atoms with E-state index in [0.717, 1.165) is 19.3 Å². The Morgan fingerprint density at radius 3 is 1.75 bits per heavy atom. The van der Waals surface area contributed by atoms with Crippen molar-refractivity contribution in [2.24, 2.45) is 0 Å². The van der Waals surface area contributed by atoms with E-state index in [9.17, 15) is 10.2 Å². The van der Waals surface area contributed by atoms with Crippen LogP contribution >= 0.6 is 0 Å². The van der Waals surface area contributed by atoms with Gasteiger partial charge in [-0.3, -0.25) is 0 Å². The molecule has 134 valence electrons. The average Bonchev–Trinajstić information content (AvgIpc) is 2.57. The van der Waals surface area contributed by atoms with Crippen LogP contribution in [0.4, 0.5) is 0 Å². The third-order valence-corrected chi connectivity index (χ3v) is 3.22. The number of unbranched alkanes of at least 4 members (excludes halogenated alkanes) is 1. The molecular weight excluding hydrogens is 296 g/mol. The smallest absolute Gasteiger partial charge is 0.0758 e. The van der Waals surface area contributed by atoms with E-state index in [4.69, 9.17) is 0 Å². The lowest BCUT2D eigenvalue weighted by atomic mass is 10.2. The lowest BCUT2D eigenvalue weighted by Crippen LogP contribution is -1.98. The van der Waals surface area contributed by atoms with Gasteiger partial charge in [0.15, 0.2) is 0 Å². The second-order valence-corrected chi connectivity index (χ2v) is 5.61. The molecule has 0 unspecified atom stereocenters. The highest BCUT2D eigenvalue weighted by Gasteiger charge is 1.93. The topological polar surface area (TPSA) is 40.5 Å². The summed E-state index contributed by atoms with van der Waals surface area (Å²) in [5.74, 6) is 0. The second-order valence-electron chi connectivity index (χ2n) is 5.61. The molecule has 0 aliphatic carbocycles. The average molecular weight is 331 g/mol. The zero-order valence-corrected chi connectivity index (χ0v) is 15.2. The number of aliphatic hydroxyl groups is 2. The van der Waals surface area contributed by atoms with Crippen molar-refractivity contribution in [3.05, 3.63) is 72.9 Å². The molecular formula is C22H34O2. The standard InChI is InChI=1S/C22H34O2/c1-3-5-7-8-9-10-14-18-22(24)20-16-12-11-15-19-21(23)17-13-6-4-2/h6-8,10-16,19-24H,3-5,9,17-18H2,1-2H3/b8-7-,12-11+,13-6-,14-10-,19-15-,20-16+/t21-,22-/m0/s1. The van der Waals surface area contributed by atoms with Crippen molar-refractivity contribution in [3.63, 3.8) is 0 Å². The van der Waals surface area contributed by atoms with Crippen molar-refractivity contribution in [2.75, 3.05) is 0 Å². The fourth-order valence-electron chi connectivity index (χ4n) is 1.86. The Hall–Kier alpha value is -1.64. The Kier molecular flexibility index (Phi) is 16.5. The van der Waals surface area contributed by atoms with Gasteiger partial charge >= 0.3 is 0 Å². The highest BCUT2D eigenvalue weighted by Crippen LogP contribution is 1.99. The number of rotatable bonds is 13. The summed E-state index contributed by atoms with van der Waals surface area (Å²) in [7, 11) is 0. The van der Waals surface area contributed by atoms with E-state index in [1.54, 1.807) is 12.2 Å². The van der Waals surface area contributed by atoms with Gasteiger partial charge in [0, 0.05) is 0 Å². The zero-order valence-electron chi connectivity index (χ0n) is 15.2. The molecule has 0 saturated carbocycles. The van der Waals surface area contributed by atoms with E-state index in [0.29, 0.717) is 12.8 Å². The maximum absolute atomic E-state index is 9.80. The van der Waals surface area contributed by atoms with Gasteiger partial charge in [0.2, 0.25) is 0 Å². The van der Waals surface area contributed by atoms with Crippen LogP contribution in [0.5, 0.6) is 0 Å². The van der Waals surface area contributed by atoms with Crippen LogP contribution < -0.4 is 0 Å². The van der Waals surface area contributed by atoms with E-state index < -0.39 is 12.2 Å². The lowest BCUT2D eigenvalue weighted by molar-refractivity contribution is 0.226. The Bertz CT molecular complexity index is 439. The molecule has 0 amide bonds. The molecule has 0 bridgehead atoms. The normalized spacial score (nSPS) is 16.0. The highest BCUT2D eigenvalue weighted by molar-refractivity contribution is 5.13. The minimum atomic E-state index is -0.459. The summed E-state index contributed by atoms with van der Waals surface area (Å²) in [5, 5.41) is 19.5. The van der Waals surface area contributed by atoms with Crippen molar-refractivity contribution in [2.45, 2.75) is 64.6 Å². The minimum absolute atomic E-state index is 0.441. The Labute approximate surface area is 148 Å².